The molecule has 0 bridgehead atoms. The van der Waals surface area contributed by atoms with Gasteiger partial charge in [-0.3, -0.25) is 4.79 Å². The van der Waals surface area contributed by atoms with Crippen molar-refractivity contribution in [2.75, 3.05) is 0 Å². The second-order valence-electron chi connectivity index (χ2n) is 5.00. The van der Waals surface area contributed by atoms with Gasteiger partial charge in [-0.25, -0.2) is 0 Å². The van der Waals surface area contributed by atoms with E-state index in [4.69, 9.17) is 5.11 Å². The molecule has 0 aliphatic heterocycles. The van der Waals surface area contributed by atoms with Gasteiger partial charge in [0.1, 0.15) is 5.60 Å². The largest absolute Gasteiger partial charge is 0.481 e. The Morgan fingerprint density at radius 3 is 2.75 bits per heavy atom. The second kappa shape index (κ2) is 5.88. The molecule has 1 aromatic carbocycles. The van der Waals surface area contributed by atoms with Gasteiger partial charge in [0.05, 0.1) is 5.92 Å². The van der Waals surface area contributed by atoms with E-state index in [1.165, 1.54) is 0 Å². The average molecular weight is 270 g/mol. The van der Waals surface area contributed by atoms with Crippen LogP contribution in [0.25, 0.3) is 6.08 Å². The lowest BCUT2D eigenvalue weighted by Crippen LogP contribution is -2.22. The topological polar surface area (TPSA) is 57.5 Å². The standard InChI is InChI=1S/C17H18O3/c1-13(16(18)19)15-8-4-3-7-14(15)9-12-17(20)10-5-2-6-11-17/h2-10,12-13,20H,11H2,1H3,(H,18,19). The van der Waals surface area contributed by atoms with Crippen LogP contribution in [0.5, 0.6) is 0 Å². The Labute approximate surface area is 118 Å². The quantitative estimate of drug-likeness (QED) is 0.883. The van der Waals surface area contributed by atoms with E-state index < -0.39 is 17.5 Å². The number of carboxylic acids is 1. The van der Waals surface area contributed by atoms with Gasteiger partial charge in [-0.15, -0.1) is 0 Å². The van der Waals surface area contributed by atoms with Crippen LogP contribution in [0.15, 0.2) is 54.6 Å². The molecule has 0 radical (unpaired) electrons. The summed E-state index contributed by atoms with van der Waals surface area (Å²) in [4.78, 5) is 11.1. The molecule has 0 spiro atoms. The van der Waals surface area contributed by atoms with E-state index in [0.717, 1.165) is 11.1 Å². The fourth-order valence-electron chi connectivity index (χ4n) is 2.17. The van der Waals surface area contributed by atoms with Gasteiger partial charge in [-0.2, -0.15) is 0 Å². The lowest BCUT2D eigenvalue weighted by atomic mass is 9.91. The van der Waals surface area contributed by atoms with E-state index in [9.17, 15) is 9.90 Å². The fourth-order valence-corrected chi connectivity index (χ4v) is 2.17. The number of allylic oxidation sites excluding steroid dienone is 2. The normalized spacial score (nSPS) is 23.1. The molecule has 0 heterocycles. The summed E-state index contributed by atoms with van der Waals surface area (Å²) in [5.41, 5.74) is 0.572. The summed E-state index contributed by atoms with van der Waals surface area (Å²) in [5.74, 6) is -1.43. The Hall–Kier alpha value is -2.13. The SMILES string of the molecule is CC(C(=O)O)c1ccccc1C=CC1(O)C=CC=CC1. The summed E-state index contributed by atoms with van der Waals surface area (Å²) in [6.07, 6.45) is 11.3. The van der Waals surface area contributed by atoms with Crippen LogP contribution in [0.1, 0.15) is 30.4 Å². The van der Waals surface area contributed by atoms with Crippen molar-refractivity contribution in [3.63, 3.8) is 0 Å². The highest BCUT2D eigenvalue weighted by atomic mass is 16.4. The molecule has 3 heteroatoms. The number of rotatable bonds is 4. The van der Waals surface area contributed by atoms with Gasteiger partial charge >= 0.3 is 5.97 Å². The van der Waals surface area contributed by atoms with Gasteiger partial charge in [-0.1, -0.05) is 48.6 Å². The van der Waals surface area contributed by atoms with Gasteiger partial charge in [-0.05, 0) is 30.2 Å². The van der Waals surface area contributed by atoms with Crippen molar-refractivity contribution in [2.45, 2.75) is 24.9 Å². The van der Waals surface area contributed by atoms with Crippen LogP contribution in [-0.2, 0) is 4.79 Å². The van der Waals surface area contributed by atoms with Crippen molar-refractivity contribution < 1.29 is 15.0 Å². The minimum Gasteiger partial charge on any atom is -0.481 e. The van der Waals surface area contributed by atoms with Crippen LogP contribution in [0, 0.1) is 0 Å². The summed E-state index contributed by atoms with van der Waals surface area (Å²) in [7, 11) is 0. The maximum Gasteiger partial charge on any atom is 0.310 e. The monoisotopic (exact) mass is 270 g/mol. The highest BCUT2D eigenvalue weighted by Crippen LogP contribution is 2.24. The molecular weight excluding hydrogens is 252 g/mol. The van der Waals surface area contributed by atoms with Crippen molar-refractivity contribution in [3.8, 4) is 0 Å². The first-order valence-electron chi connectivity index (χ1n) is 6.59. The average Bonchev–Trinajstić information content (AvgIpc) is 2.45. The van der Waals surface area contributed by atoms with Crippen LogP contribution in [0.4, 0.5) is 0 Å². The van der Waals surface area contributed by atoms with Gasteiger partial charge < -0.3 is 10.2 Å². The molecule has 2 unspecified atom stereocenters. The molecule has 1 aliphatic rings. The molecule has 2 N–H and O–H groups in total. The number of aliphatic carboxylic acids is 1. The molecule has 0 saturated carbocycles. The molecule has 0 aromatic heterocycles. The first kappa shape index (κ1) is 14.3. The third kappa shape index (κ3) is 3.25. The highest BCUT2D eigenvalue weighted by molar-refractivity contribution is 5.77. The Morgan fingerprint density at radius 2 is 2.10 bits per heavy atom. The molecule has 2 atom stereocenters. The molecule has 2 rings (SSSR count). The zero-order valence-electron chi connectivity index (χ0n) is 11.4. The number of carboxylic acid groups (broad SMARTS) is 1. The zero-order chi connectivity index (χ0) is 14.6. The Morgan fingerprint density at radius 1 is 1.35 bits per heavy atom. The maximum atomic E-state index is 11.1. The van der Waals surface area contributed by atoms with Crippen LogP contribution >= 0.6 is 0 Å². The smallest absolute Gasteiger partial charge is 0.310 e. The third-order valence-electron chi connectivity index (χ3n) is 3.46. The van der Waals surface area contributed by atoms with Crippen molar-refractivity contribution in [1.29, 1.82) is 0 Å². The maximum absolute atomic E-state index is 11.1. The van der Waals surface area contributed by atoms with E-state index in [1.807, 2.05) is 30.4 Å². The first-order valence-corrected chi connectivity index (χ1v) is 6.59. The number of benzene rings is 1. The molecule has 1 aliphatic carbocycles. The van der Waals surface area contributed by atoms with Gasteiger partial charge in [0, 0.05) is 6.42 Å². The van der Waals surface area contributed by atoms with E-state index in [0.29, 0.717) is 6.42 Å². The Balaban J connectivity index is 2.28. The summed E-state index contributed by atoms with van der Waals surface area (Å²) in [6.45, 7) is 1.66. The first-order chi connectivity index (χ1) is 9.52. The molecule has 0 amide bonds. The molecule has 3 nitrogen and oxygen atoms in total. The van der Waals surface area contributed by atoms with Crippen LogP contribution < -0.4 is 0 Å². The summed E-state index contributed by atoms with van der Waals surface area (Å²) in [5, 5.41) is 19.5. The molecular formula is C17H18O3. The van der Waals surface area contributed by atoms with E-state index >= 15 is 0 Å². The lowest BCUT2D eigenvalue weighted by Gasteiger charge is -2.21. The molecule has 0 saturated heterocycles. The number of hydrogen-bond acceptors (Lipinski definition) is 2. The van der Waals surface area contributed by atoms with Crippen molar-refractivity contribution >= 4 is 12.0 Å². The van der Waals surface area contributed by atoms with E-state index in [2.05, 4.69) is 0 Å². The van der Waals surface area contributed by atoms with Crippen molar-refractivity contribution in [1.82, 2.24) is 0 Å². The Bertz CT molecular complexity index is 584. The molecule has 20 heavy (non-hydrogen) atoms. The van der Waals surface area contributed by atoms with Crippen molar-refractivity contribution in [3.05, 3.63) is 65.8 Å². The molecule has 0 fully saturated rings. The van der Waals surface area contributed by atoms with Crippen molar-refractivity contribution in [2.24, 2.45) is 0 Å². The fraction of sp³-hybridized carbons (Fsp3) is 0.235. The number of carbonyl (C=O) groups is 1. The predicted molar refractivity (Wildman–Crippen MR) is 79.4 cm³/mol. The number of hydrogen-bond donors (Lipinski definition) is 2. The summed E-state index contributed by atoms with van der Waals surface area (Å²) in [6, 6.07) is 7.35. The molecule has 104 valence electrons. The van der Waals surface area contributed by atoms with Gasteiger partial charge in [0.25, 0.3) is 0 Å². The Kier molecular flexibility index (Phi) is 4.20. The zero-order valence-corrected chi connectivity index (χ0v) is 11.4. The van der Waals surface area contributed by atoms with E-state index in [1.54, 1.807) is 37.3 Å². The third-order valence-corrected chi connectivity index (χ3v) is 3.46. The predicted octanol–water partition coefficient (Wildman–Crippen LogP) is 3.14. The lowest BCUT2D eigenvalue weighted by molar-refractivity contribution is -0.138. The van der Waals surface area contributed by atoms with Crippen LogP contribution in [0.2, 0.25) is 0 Å². The van der Waals surface area contributed by atoms with Gasteiger partial charge in [0.15, 0.2) is 0 Å². The minimum atomic E-state index is -0.992. The summed E-state index contributed by atoms with van der Waals surface area (Å²) < 4.78 is 0. The summed E-state index contributed by atoms with van der Waals surface area (Å²) >= 11 is 0. The van der Waals surface area contributed by atoms with E-state index in [-0.39, 0.29) is 0 Å². The number of aliphatic hydroxyl groups is 1. The van der Waals surface area contributed by atoms with Crippen LogP contribution in [0.3, 0.4) is 0 Å². The molecule has 1 aromatic rings. The van der Waals surface area contributed by atoms with Crippen LogP contribution in [-0.4, -0.2) is 21.8 Å². The second-order valence-corrected chi connectivity index (χ2v) is 5.00. The van der Waals surface area contributed by atoms with Gasteiger partial charge in [0.2, 0.25) is 0 Å². The minimum absolute atomic E-state index is 0.524. The highest BCUT2D eigenvalue weighted by Gasteiger charge is 2.20.